The van der Waals surface area contributed by atoms with Crippen molar-refractivity contribution in [3.05, 3.63) is 34.4 Å². The number of hydrogen-bond acceptors (Lipinski definition) is 3. The van der Waals surface area contributed by atoms with E-state index in [1.807, 2.05) is 18.2 Å². The standard InChI is InChI=1S/C13H14N2O2/c1-17-9-5-6-10-11(7-9)14-13(16)15-12(10)8-3-2-4-8/h5-8H,2-4H2,1H3,(H,14,15,16). The minimum absolute atomic E-state index is 0.271. The average molecular weight is 230 g/mol. The van der Waals surface area contributed by atoms with E-state index >= 15 is 0 Å². The third-order valence-electron chi connectivity index (χ3n) is 3.47. The topological polar surface area (TPSA) is 55.0 Å². The molecule has 2 aromatic rings. The summed E-state index contributed by atoms with van der Waals surface area (Å²) in [5.74, 6) is 1.22. The molecule has 1 aliphatic rings. The molecule has 1 heterocycles. The molecule has 0 amide bonds. The van der Waals surface area contributed by atoms with Gasteiger partial charge in [0.15, 0.2) is 0 Å². The number of nitrogens with zero attached hydrogens (tertiary/aromatic N) is 1. The molecule has 0 spiro atoms. The second-order valence-electron chi connectivity index (χ2n) is 4.47. The van der Waals surface area contributed by atoms with Gasteiger partial charge in [-0.25, -0.2) is 4.79 Å². The van der Waals surface area contributed by atoms with Crippen LogP contribution >= 0.6 is 0 Å². The zero-order chi connectivity index (χ0) is 11.8. The molecule has 0 unspecified atom stereocenters. The summed E-state index contributed by atoms with van der Waals surface area (Å²) in [6, 6.07) is 5.70. The lowest BCUT2D eigenvalue weighted by Gasteiger charge is -2.26. The van der Waals surface area contributed by atoms with Gasteiger partial charge in [0.05, 0.1) is 12.6 Å². The largest absolute Gasteiger partial charge is 0.497 e. The molecule has 1 N–H and O–H groups in total. The zero-order valence-electron chi connectivity index (χ0n) is 9.69. The molecule has 0 aliphatic heterocycles. The molecular weight excluding hydrogens is 216 g/mol. The molecule has 1 aliphatic carbocycles. The molecule has 1 saturated carbocycles. The van der Waals surface area contributed by atoms with E-state index in [2.05, 4.69) is 9.97 Å². The number of nitrogens with one attached hydrogen (secondary N) is 1. The van der Waals surface area contributed by atoms with Crippen LogP contribution in [0.4, 0.5) is 0 Å². The molecule has 0 atom stereocenters. The van der Waals surface area contributed by atoms with Gasteiger partial charge in [-0.2, -0.15) is 4.98 Å². The van der Waals surface area contributed by atoms with Gasteiger partial charge in [0, 0.05) is 17.1 Å². The van der Waals surface area contributed by atoms with Crippen LogP contribution in [0.25, 0.3) is 10.9 Å². The molecule has 1 fully saturated rings. The Kier molecular flexibility index (Phi) is 2.35. The Bertz CT molecular complexity index is 614. The van der Waals surface area contributed by atoms with Gasteiger partial charge in [0.1, 0.15) is 5.75 Å². The van der Waals surface area contributed by atoms with Gasteiger partial charge in [-0.15, -0.1) is 0 Å². The van der Waals surface area contributed by atoms with Crippen molar-refractivity contribution >= 4 is 10.9 Å². The van der Waals surface area contributed by atoms with E-state index in [-0.39, 0.29) is 5.69 Å². The van der Waals surface area contributed by atoms with Gasteiger partial charge in [0.25, 0.3) is 0 Å². The predicted molar refractivity (Wildman–Crippen MR) is 65.5 cm³/mol. The van der Waals surface area contributed by atoms with Crippen molar-refractivity contribution in [2.24, 2.45) is 0 Å². The average Bonchev–Trinajstić information content (AvgIpc) is 2.25. The third-order valence-corrected chi connectivity index (χ3v) is 3.47. The summed E-state index contributed by atoms with van der Waals surface area (Å²) in [7, 11) is 1.61. The van der Waals surface area contributed by atoms with Crippen molar-refractivity contribution in [1.82, 2.24) is 9.97 Å². The fraction of sp³-hybridized carbons (Fsp3) is 0.385. The van der Waals surface area contributed by atoms with Crippen molar-refractivity contribution < 1.29 is 4.74 Å². The fourth-order valence-electron chi connectivity index (χ4n) is 2.30. The summed E-state index contributed by atoms with van der Waals surface area (Å²) in [6.45, 7) is 0. The Labute approximate surface area is 98.6 Å². The number of hydrogen-bond donors (Lipinski definition) is 1. The van der Waals surface area contributed by atoms with Gasteiger partial charge in [-0.1, -0.05) is 6.42 Å². The van der Waals surface area contributed by atoms with Crippen LogP contribution in [-0.2, 0) is 0 Å². The maximum Gasteiger partial charge on any atom is 0.345 e. The van der Waals surface area contributed by atoms with Gasteiger partial charge in [-0.3, -0.25) is 0 Å². The van der Waals surface area contributed by atoms with Gasteiger partial charge in [-0.05, 0) is 30.9 Å². The first kappa shape index (κ1) is 10.3. The lowest BCUT2D eigenvalue weighted by molar-refractivity contribution is 0.411. The van der Waals surface area contributed by atoms with Crippen molar-refractivity contribution in [3.8, 4) is 5.75 Å². The fourth-order valence-corrected chi connectivity index (χ4v) is 2.30. The van der Waals surface area contributed by atoms with Crippen LogP contribution in [0.15, 0.2) is 23.0 Å². The third kappa shape index (κ3) is 1.69. The van der Waals surface area contributed by atoms with Crippen molar-refractivity contribution in [2.75, 3.05) is 7.11 Å². The highest BCUT2D eigenvalue weighted by molar-refractivity contribution is 5.82. The Hall–Kier alpha value is -1.84. The van der Waals surface area contributed by atoms with E-state index in [0.717, 1.165) is 35.2 Å². The van der Waals surface area contributed by atoms with Crippen LogP contribution in [-0.4, -0.2) is 17.1 Å². The number of aromatic nitrogens is 2. The first-order valence-electron chi connectivity index (χ1n) is 5.86. The van der Waals surface area contributed by atoms with E-state index in [4.69, 9.17) is 4.74 Å². The lowest BCUT2D eigenvalue weighted by atomic mass is 9.81. The minimum Gasteiger partial charge on any atom is -0.497 e. The molecule has 1 aromatic carbocycles. The Morgan fingerprint density at radius 1 is 1.41 bits per heavy atom. The van der Waals surface area contributed by atoms with Crippen LogP contribution in [0, 0.1) is 0 Å². The molecule has 0 saturated heterocycles. The Morgan fingerprint density at radius 3 is 2.88 bits per heavy atom. The SMILES string of the molecule is COc1ccc2c(C3CCC3)[nH]c(=O)nc2c1. The number of methoxy groups -OCH3 is 1. The van der Waals surface area contributed by atoms with Crippen LogP contribution < -0.4 is 10.4 Å². The monoisotopic (exact) mass is 230 g/mol. The second-order valence-corrected chi connectivity index (χ2v) is 4.47. The summed E-state index contributed by atoms with van der Waals surface area (Å²) < 4.78 is 5.15. The first-order valence-corrected chi connectivity index (χ1v) is 5.86. The maximum absolute atomic E-state index is 11.5. The minimum atomic E-state index is -0.271. The number of ether oxygens (including phenoxy) is 1. The zero-order valence-corrected chi connectivity index (χ0v) is 9.69. The normalized spacial score (nSPS) is 15.8. The number of aromatic amines is 1. The van der Waals surface area contributed by atoms with Crippen LogP contribution in [0.1, 0.15) is 30.9 Å². The summed E-state index contributed by atoms with van der Waals surface area (Å²) in [5.41, 5.74) is 1.48. The van der Waals surface area contributed by atoms with Crippen LogP contribution in [0.5, 0.6) is 5.75 Å². The highest BCUT2D eigenvalue weighted by atomic mass is 16.5. The molecule has 3 rings (SSSR count). The number of fused-ring (bicyclic) bond motifs is 1. The Balaban J connectivity index is 2.23. The first-order chi connectivity index (χ1) is 8.28. The van der Waals surface area contributed by atoms with E-state index < -0.39 is 0 Å². The van der Waals surface area contributed by atoms with Gasteiger partial charge in [0.2, 0.25) is 0 Å². The Morgan fingerprint density at radius 2 is 2.24 bits per heavy atom. The smallest absolute Gasteiger partial charge is 0.345 e. The van der Waals surface area contributed by atoms with E-state index in [1.54, 1.807) is 7.11 Å². The second kappa shape index (κ2) is 3.87. The molecule has 0 radical (unpaired) electrons. The highest BCUT2D eigenvalue weighted by Gasteiger charge is 2.22. The number of benzene rings is 1. The highest BCUT2D eigenvalue weighted by Crippen LogP contribution is 2.37. The summed E-state index contributed by atoms with van der Waals surface area (Å²) in [6.07, 6.45) is 3.55. The molecule has 17 heavy (non-hydrogen) atoms. The van der Waals surface area contributed by atoms with E-state index in [0.29, 0.717) is 5.92 Å². The summed E-state index contributed by atoms with van der Waals surface area (Å²) in [5, 5.41) is 1.04. The molecule has 4 heteroatoms. The summed E-state index contributed by atoms with van der Waals surface area (Å²) >= 11 is 0. The molecular formula is C13H14N2O2. The molecule has 1 aromatic heterocycles. The van der Waals surface area contributed by atoms with Gasteiger partial charge < -0.3 is 9.72 Å². The number of rotatable bonds is 2. The molecule has 88 valence electrons. The van der Waals surface area contributed by atoms with Crippen molar-refractivity contribution in [1.29, 1.82) is 0 Å². The summed E-state index contributed by atoms with van der Waals surface area (Å²) in [4.78, 5) is 18.4. The van der Waals surface area contributed by atoms with Crippen molar-refractivity contribution in [3.63, 3.8) is 0 Å². The lowest BCUT2D eigenvalue weighted by Crippen LogP contribution is -2.19. The van der Waals surface area contributed by atoms with Crippen LogP contribution in [0.3, 0.4) is 0 Å². The van der Waals surface area contributed by atoms with E-state index in [1.165, 1.54) is 6.42 Å². The predicted octanol–water partition coefficient (Wildman–Crippen LogP) is 2.20. The van der Waals surface area contributed by atoms with E-state index in [9.17, 15) is 4.79 Å². The maximum atomic E-state index is 11.5. The van der Waals surface area contributed by atoms with Crippen LogP contribution in [0.2, 0.25) is 0 Å². The van der Waals surface area contributed by atoms with Gasteiger partial charge >= 0.3 is 5.69 Å². The van der Waals surface area contributed by atoms with Crippen molar-refractivity contribution in [2.45, 2.75) is 25.2 Å². The quantitative estimate of drug-likeness (QED) is 0.860. The molecule has 4 nitrogen and oxygen atoms in total. The number of H-pyrrole nitrogens is 1. The molecule has 0 bridgehead atoms.